The van der Waals surface area contributed by atoms with Gasteiger partial charge in [0.15, 0.2) is 0 Å². The normalized spacial score (nSPS) is 28.8. The molecule has 2 nitrogen and oxygen atoms in total. The Morgan fingerprint density at radius 3 is 2.83 bits per heavy atom. The summed E-state index contributed by atoms with van der Waals surface area (Å²) in [6, 6.07) is 1.49. The molecule has 0 saturated carbocycles. The molecule has 0 aliphatic carbocycles. The van der Waals surface area contributed by atoms with E-state index < -0.39 is 0 Å². The lowest BCUT2D eigenvalue weighted by molar-refractivity contribution is 0.114. The summed E-state index contributed by atoms with van der Waals surface area (Å²) in [4.78, 5) is 2.62. The number of hydrogen-bond acceptors (Lipinski definition) is 2. The molecular formula is C10H22N2. The molecule has 12 heavy (non-hydrogen) atoms. The third kappa shape index (κ3) is 2.46. The molecule has 1 N–H and O–H groups in total. The van der Waals surface area contributed by atoms with Crippen molar-refractivity contribution in [3.8, 4) is 0 Å². The predicted molar refractivity (Wildman–Crippen MR) is 53.4 cm³/mol. The molecular weight excluding hydrogens is 148 g/mol. The van der Waals surface area contributed by atoms with E-state index in [1.165, 1.54) is 25.8 Å². The van der Waals surface area contributed by atoms with Crippen molar-refractivity contribution in [1.29, 1.82) is 0 Å². The van der Waals surface area contributed by atoms with E-state index in [1.54, 1.807) is 0 Å². The van der Waals surface area contributed by atoms with Gasteiger partial charge in [0.25, 0.3) is 0 Å². The maximum absolute atomic E-state index is 3.24. The molecule has 0 aromatic heterocycles. The Bertz CT molecular complexity index is 125. The van der Waals surface area contributed by atoms with Crippen LogP contribution in [0.4, 0.5) is 0 Å². The van der Waals surface area contributed by atoms with Crippen LogP contribution in [-0.2, 0) is 0 Å². The number of hydrogen-bond donors (Lipinski definition) is 1. The van der Waals surface area contributed by atoms with E-state index in [0.29, 0.717) is 6.04 Å². The second-order valence-corrected chi connectivity index (χ2v) is 3.99. The summed E-state index contributed by atoms with van der Waals surface area (Å²) in [6.07, 6.45) is 4.19. The number of nitrogens with zero attached hydrogens (tertiary/aromatic N) is 1. The van der Waals surface area contributed by atoms with Crippen molar-refractivity contribution < 1.29 is 0 Å². The van der Waals surface area contributed by atoms with Gasteiger partial charge in [0.1, 0.15) is 0 Å². The van der Waals surface area contributed by atoms with Gasteiger partial charge in [-0.15, -0.1) is 0 Å². The van der Waals surface area contributed by atoms with E-state index in [4.69, 9.17) is 0 Å². The van der Waals surface area contributed by atoms with Crippen molar-refractivity contribution in [2.75, 3.05) is 20.1 Å². The van der Waals surface area contributed by atoms with Crippen LogP contribution in [0.15, 0.2) is 0 Å². The molecule has 2 unspecified atom stereocenters. The molecule has 1 fully saturated rings. The van der Waals surface area contributed by atoms with Gasteiger partial charge < -0.3 is 5.32 Å². The molecule has 0 bridgehead atoms. The molecule has 1 aliphatic heterocycles. The van der Waals surface area contributed by atoms with Crippen LogP contribution in [0.5, 0.6) is 0 Å². The smallest absolute Gasteiger partial charge is 0.0195 e. The fourth-order valence-electron chi connectivity index (χ4n) is 2.19. The van der Waals surface area contributed by atoms with Crippen LogP contribution in [0, 0.1) is 0 Å². The maximum atomic E-state index is 3.24. The van der Waals surface area contributed by atoms with Gasteiger partial charge in [-0.05, 0) is 40.3 Å². The van der Waals surface area contributed by atoms with Gasteiger partial charge in [0, 0.05) is 18.6 Å². The molecule has 0 aromatic rings. The van der Waals surface area contributed by atoms with Crippen molar-refractivity contribution in [1.82, 2.24) is 10.2 Å². The second kappa shape index (κ2) is 4.83. The number of likely N-dealkylation sites (tertiary alicyclic amines) is 1. The lowest BCUT2D eigenvalue weighted by Gasteiger charge is -2.38. The van der Waals surface area contributed by atoms with E-state index in [0.717, 1.165) is 12.6 Å². The summed E-state index contributed by atoms with van der Waals surface area (Å²) in [6.45, 7) is 7.08. The highest BCUT2D eigenvalue weighted by Crippen LogP contribution is 2.18. The zero-order chi connectivity index (χ0) is 8.97. The lowest BCUT2D eigenvalue weighted by Crippen LogP contribution is -2.47. The second-order valence-electron chi connectivity index (χ2n) is 3.99. The average Bonchev–Trinajstić information content (AvgIpc) is 2.05. The van der Waals surface area contributed by atoms with Crippen molar-refractivity contribution in [3.05, 3.63) is 0 Å². The van der Waals surface area contributed by atoms with Gasteiger partial charge >= 0.3 is 0 Å². The van der Waals surface area contributed by atoms with Gasteiger partial charge in [-0.25, -0.2) is 0 Å². The monoisotopic (exact) mass is 170 g/mol. The Kier molecular flexibility index (Phi) is 4.02. The van der Waals surface area contributed by atoms with E-state index in [2.05, 4.69) is 24.1 Å². The summed E-state index contributed by atoms with van der Waals surface area (Å²) in [5.74, 6) is 0. The van der Waals surface area contributed by atoms with E-state index in [1.807, 2.05) is 7.05 Å². The Balaban J connectivity index is 2.36. The Morgan fingerprint density at radius 2 is 2.25 bits per heavy atom. The van der Waals surface area contributed by atoms with Gasteiger partial charge in [-0.3, -0.25) is 4.90 Å². The molecule has 0 amide bonds. The molecule has 1 rings (SSSR count). The lowest BCUT2D eigenvalue weighted by atomic mass is 10.0. The number of piperidine rings is 1. The number of likely N-dealkylation sites (N-methyl/N-ethyl adjacent to an activating group) is 1. The fraction of sp³-hybridized carbons (Fsp3) is 1.00. The minimum Gasteiger partial charge on any atom is -0.318 e. The van der Waals surface area contributed by atoms with Gasteiger partial charge in [0.2, 0.25) is 0 Å². The Hall–Kier alpha value is -0.0800. The SMILES string of the molecule is CNCC(C)N1CCCCC1C. The van der Waals surface area contributed by atoms with Crippen molar-refractivity contribution >= 4 is 0 Å². The molecule has 1 aliphatic rings. The zero-order valence-electron chi connectivity index (χ0n) is 8.64. The van der Waals surface area contributed by atoms with Crippen LogP contribution in [0.3, 0.4) is 0 Å². The summed E-state index contributed by atoms with van der Waals surface area (Å²) < 4.78 is 0. The minimum atomic E-state index is 0.699. The van der Waals surface area contributed by atoms with Gasteiger partial charge in [0.05, 0.1) is 0 Å². The van der Waals surface area contributed by atoms with E-state index in [-0.39, 0.29) is 0 Å². The molecule has 1 heterocycles. The van der Waals surface area contributed by atoms with Crippen LogP contribution < -0.4 is 5.32 Å². The van der Waals surface area contributed by atoms with Crippen LogP contribution in [0.25, 0.3) is 0 Å². The highest BCUT2D eigenvalue weighted by molar-refractivity contribution is 4.78. The third-order valence-electron chi connectivity index (χ3n) is 2.92. The molecule has 0 aromatic carbocycles. The zero-order valence-corrected chi connectivity index (χ0v) is 8.64. The van der Waals surface area contributed by atoms with Crippen molar-refractivity contribution in [2.45, 2.75) is 45.2 Å². The molecule has 0 spiro atoms. The van der Waals surface area contributed by atoms with E-state index >= 15 is 0 Å². The summed E-state index contributed by atoms with van der Waals surface area (Å²) >= 11 is 0. The first kappa shape index (κ1) is 10.0. The molecule has 0 radical (unpaired) electrons. The molecule has 72 valence electrons. The van der Waals surface area contributed by atoms with Gasteiger partial charge in [-0.1, -0.05) is 6.42 Å². The number of rotatable bonds is 3. The van der Waals surface area contributed by atoms with Crippen LogP contribution >= 0.6 is 0 Å². The first-order valence-corrected chi connectivity index (χ1v) is 5.16. The maximum Gasteiger partial charge on any atom is 0.0195 e. The molecule has 1 saturated heterocycles. The Labute approximate surface area is 76.3 Å². The minimum absolute atomic E-state index is 0.699. The quantitative estimate of drug-likeness (QED) is 0.690. The summed E-state index contributed by atoms with van der Waals surface area (Å²) in [5, 5.41) is 3.24. The van der Waals surface area contributed by atoms with Crippen LogP contribution in [0.2, 0.25) is 0 Å². The first-order chi connectivity index (χ1) is 5.75. The predicted octanol–water partition coefficient (Wildman–Crippen LogP) is 1.47. The molecule has 2 atom stereocenters. The van der Waals surface area contributed by atoms with Gasteiger partial charge in [-0.2, -0.15) is 0 Å². The fourth-order valence-corrected chi connectivity index (χ4v) is 2.19. The van der Waals surface area contributed by atoms with Crippen molar-refractivity contribution in [2.24, 2.45) is 0 Å². The highest BCUT2D eigenvalue weighted by Gasteiger charge is 2.21. The number of nitrogens with one attached hydrogen (secondary N) is 1. The van der Waals surface area contributed by atoms with E-state index in [9.17, 15) is 0 Å². The van der Waals surface area contributed by atoms with Crippen molar-refractivity contribution in [3.63, 3.8) is 0 Å². The largest absolute Gasteiger partial charge is 0.318 e. The summed E-state index contributed by atoms with van der Waals surface area (Å²) in [5.41, 5.74) is 0. The first-order valence-electron chi connectivity index (χ1n) is 5.16. The summed E-state index contributed by atoms with van der Waals surface area (Å²) in [7, 11) is 2.03. The topological polar surface area (TPSA) is 15.3 Å². The Morgan fingerprint density at radius 1 is 1.50 bits per heavy atom. The van der Waals surface area contributed by atoms with Crippen LogP contribution in [-0.4, -0.2) is 37.1 Å². The third-order valence-corrected chi connectivity index (χ3v) is 2.92. The van der Waals surface area contributed by atoms with Crippen LogP contribution in [0.1, 0.15) is 33.1 Å². The average molecular weight is 170 g/mol. The standard InChI is InChI=1S/C10H22N2/c1-9-6-4-5-7-12(9)10(2)8-11-3/h9-11H,4-8H2,1-3H3. The molecule has 2 heteroatoms. The highest BCUT2D eigenvalue weighted by atomic mass is 15.2.